The molecule has 4 aliphatic carbocycles. The largest absolute Gasteiger partial charge is 0.393 e. The minimum Gasteiger partial charge on any atom is -0.393 e. The summed E-state index contributed by atoms with van der Waals surface area (Å²) < 4.78 is 0. The standard InChI is InChI=1S/C21H36O2/c1-13(22)17-6-7-18-16-5-4-14-12-15(23)8-10-20(14,2)19(16)9-11-21(17,18)3/h13-19,22-23H,4-12H2,1-3H3/t13-,14+,15+,16+,17+,18+,19+,20+,21-/m1/s1. The first kappa shape index (κ1) is 16.4. The minimum atomic E-state index is -0.140. The summed E-state index contributed by atoms with van der Waals surface area (Å²) >= 11 is 0. The van der Waals surface area contributed by atoms with Crippen molar-refractivity contribution in [1.29, 1.82) is 0 Å². The molecule has 4 saturated carbocycles. The lowest BCUT2D eigenvalue weighted by molar-refractivity contribution is -0.132. The van der Waals surface area contributed by atoms with Gasteiger partial charge in [-0.2, -0.15) is 0 Å². The van der Waals surface area contributed by atoms with Crippen LogP contribution in [0.3, 0.4) is 0 Å². The highest BCUT2D eigenvalue weighted by Crippen LogP contribution is 2.67. The number of aliphatic hydroxyl groups is 2. The van der Waals surface area contributed by atoms with Gasteiger partial charge >= 0.3 is 0 Å². The van der Waals surface area contributed by atoms with Gasteiger partial charge in [-0.25, -0.2) is 0 Å². The van der Waals surface area contributed by atoms with Crippen LogP contribution in [0.4, 0.5) is 0 Å². The van der Waals surface area contributed by atoms with Gasteiger partial charge in [0.15, 0.2) is 0 Å². The number of rotatable bonds is 1. The van der Waals surface area contributed by atoms with Crippen LogP contribution < -0.4 is 0 Å². The SMILES string of the molecule is C[C@@H](O)[C@@H]1CC[C@H]2[C@@H]3CC[C@H]4C[C@@H](O)CC[C@]4(C)[C@H]3CC[C@@]21C. The zero-order chi connectivity index (χ0) is 16.4. The highest BCUT2D eigenvalue weighted by atomic mass is 16.3. The van der Waals surface area contributed by atoms with Crippen molar-refractivity contribution < 1.29 is 10.2 Å². The quantitative estimate of drug-likeness (QED) is 0.752. The summed E-state index contributed by atoms with van der Waals surface area (Å²) in [5.74, 6) is 3.87. The van der Waals surface area contributed by atoms with Crippen LogP contribution in [0.1, 0.15) is 78.6 Å². The molecule has 23 heavy (non-hydrogen) atoms. The lowest BCUT2D eigenvalue weighted by Crippen LogP contribution is -2.54. The maximum Gasteiger partial charge on any atom is 0.0545 e. The molecule has 2 heteroatoms. The predicted molar refractivity (Wildman–Crippen MR) is 92.9 cm³/mol. The molecule has 0 aliphatic heterocycles. The summed E-state index contributed by atoms with van der Waals surface area (Å²) in [4.78, 5) is 0. The van der Waals surface area contributed by atoms with E-state index in [1.165, 1.54) is 44.9 Å². The van der Waals surface area contributed by atoms with E-state index in [9.17, 15) is 10.2 Å². The maximum atomic E-state index is 10.3. The summed E-state index contributed by atoms with van der Waals surface area (Å²) in [6, 6.07) is 0. The van der Waals surface area contributed by atoms with Crippen LogP contribution in [-0.2, 0) is 0 Å². The van der Waals surface area contributed by atoms with Gasteiger partial charge in [0.25, 0.3) is 0 Å². The molecule has 0 aromatic carbocycles. The molecular weight excluding hydrogens is 284 g/mol. The molecular formula is C21H36O2. The Balaban J connectivity index is 1.60. The molecule has 132 valence electrons. The Morgan fingerprint density at radius 1 is 0.870 bits per heavy atom. The topological polar surface area (TPSA) is 40.5 Å². The van der Waals surface area contributed by atoms with Gasteiger partial charge in [0.2, 0.25) is 0 Å². The first-order valence-electron chi connectivity index (χ1n) is 10.2. The van der Waals surface area contributed by atoms with Crippen molar-refractivity contribution in [2.24, 2.45) is 40.4 Å². The summed E-state index contributed by atoms with van der Waals surface area (Å²) in [7, 11) is 0. The van der Waals surface area contributed by atoms with Gasteiger partial charge in [0.1, 0.15) is 0 Å². The second-order valence-corrected chi connectivity index (χ2v) is 10.1. The molecule has 0 unspecified atom stereocenters. The average Bonchev–Trinajstić information content (AvgIpc) is 2.85. The Kier molecular flexibility index (Phi) is 3.89. The van der Waals surface area contributed by atoms with E-state index in [0.29, 0.717) is 16.7 Å². The summed E-state index contributed by atoms with van der Waals surface area (Å²) in [6.45, 7) is 7.08. The molecule has 9 atom stereocenters. The molecule has 0 aromatic heterocycles. The van der Waals surface area contributed by atoms with Crippen LogP contribution in [0.5, 0.6) is 0 Å². The van der Waals surface area contributed by atoms with Gasteiger partial charge < -0.3 is 10.2 Å². The minimum absolute atomic E-state index is 0.0374. The van der Waals surface area contributed by atoms with E-state index < -0.39 is 0 Å². The van der Waals surface area contributed by atoms with Crippen molar-refractivity contribution in [3.63, 3.8) is 0 Å². The van der Waals surface area contributed by atoms with E-state index in [4.69, 9.17) is 0 Å². The third-order valence-corrected chi connectivity index (χ3v) is 9.29. The maximum absolute atomic E-state index is 10.3. The van der Waals surface area contributed by atoms with Crippen LogP contribution in [0.15, 0.2) is 0 Å². The first-order chi connectivity index (χ1) is 10.9. The fraction of sp³-hybridized carbons (Fsp3) is 1.00. The Labute approximate surface area is 142 Å². The third-order valence-electron chi connectivity index (χ3n) is 9.29. The van der Waals surface area contributed by atoms with E-state index in [0.717, 1.165) is 36.5 Å². The lowest BCUT2D eigenvalue weighted by Gasteiger charge is -2.61. The van der Waals surface area contributed by atoms with E-state index in [-0.39, 0.29) is 12.2 Å². The van der Waals surface area contributed by atoms with Crippen LogP contribution in [-0.4, -0.2) is 22.4 Å². The normalized spacial score (nSPS) is 57.3. The zero-order valence-electron chi connectivity index (χ0n) is 15.3. The Hall–Kier alpha value is -0.0800. The first-order valence-corrected chi connectivity index (χ1v) is 10.2. The second-order valence-electron chi connectivity index (χ2n) is 10.1. The fourth-order valence-electron chi connectivity index (χ4n) is 8.07. The molecule has 4 rings (SSSR count). The molecule has 4 fully saturated rings. The van der Waals surface area contributed by atoms with Gasteiger partial charge in [0, 0.05) is 0 Å². The van der Waals surface area contributed by atoms with E-state index in [2.05, 4.69) is 13.8 Å². The highest BCUT2D eigenvalue weighted by Gasteiger charge is 2.60. The van der Waals surface area contributed by atoms with Gasteiger partial charge in [-0.05, 0) is 105 Å². The van der Waals surface area contributed by atoms with Crippen molar-refractivity contribution in [3.05, 3.63) is 0 Å². The molecule has 0 spiro atoms. The Morgan fingerprint density at radius 2 is 1.57 bits per heavy atom. The van der Waals surface area contributed by atoms with E-state index in [1.54, 1.807) is 0 Å². The van der Waals surface area contributed by atoms with Gasteiger partial charge in [-0.15, -0.1) is 0 Å². The van der Waals surface area contributed by atoms with Gasteiger partial charge in [0.05, 0.1) is 12.2 Å². The highest BCUT2D eigenvalue weighted by molar-refractivity contribution is 5.09. The van der Waals surface area contributed by atoms with Crippen LogP contribution in [0, 0.1) is 40.4 Å². The molecule has 0 saturated heterocycles. The van der Waals surface area contributed by atoms with E-state index >= 15 is 0 Å². The van der Waals surface area contributed by atoms with Crippen molar-refractivity contribution in [3.8, 4) is 0 Å². The molecule has 0 amide bonds. The smallest absolute Gasteiger partial charge is 0.0545 e. The third kappa shape index (κ3) is 2.27. The summed E-state index contributed by atoms with van der Waals surface area (Å²) in [5.41, 5.74) is 0.860. The second kappa shape index (κ2) is 5.46. The number of aliphatic hydroxyl groups excluding tert-OH is 2. The van der Waals surface area contributed by atoms with Crippen molar-refractivity contribution in [1.82, 2.24) is 0 Å². The zero-order valence-corrected chi connectivity index (χ0v) is 15.3. The van der Waals surface area contributed by atoms with Crippen LogP contribution in [0.25, 0.3) is 0 Å². The predicted octanol–water partition coefficient (Wildman–Crippen LogP) is 4.39. The van der Waals surface area contributed by atoms with Crippen LogP contribution in [0.2, 0.25) is 0 Å². The number of hydrogen-bond acceptors (Lipinski definition) is 2. The molecule has 4 aliphatic rings. The molecule has 0 radical (unpaired) electrons. The molecule has 2 nitrogen and oxygen atoms in total. The van der Waals surface area contributed by atoms with Gasteiger partial charge in [-0.1, -0.05) is 13.8 Å². The Morgan fingerprint density at radius 3 is 2.30 bits per heavy atom. The van der Waals surface area contributed by atoms with Crippen molar-refractivity contribution in [2.75, 3.05) is 0 Å². The van der Waals surface area contributed by atoms with Crippen LogP contribution >= 0.6 is 0 Å². The average molecular weight is 321 g/mol. The monoisotopic (exact) mass is 320 g/mol. The summed E-state index contributed by atoms with van der Waals surface area (Å²) in [6.07, 6.45) is 11.1. The molecule has 0 aromatic rings. The van der Waals surface area contributed by atoms with Gasteiger partial charge in [-0.3, -0.25) is 0 Å². The summed E-state index contributed by atoms with van der Waals surface area (Å²) in [5, 5.41) is 20.4. The van der Waals surface area contributed by atoms with Crippen molar-refractivity contribution >= 4 is 0 Å². The fourth-order valence-corrected chi connectivity index (χ4v) is 8.07. The number of fused-ring (bicyclic) bond motifs is 5. The molecule has 2 N–H and O–H groups in total. The lowest BCUT2D eigenvalue weighted by atomic mass is 9.44. The Bertz CT molecular complexity index is 461. The molecule has 0 bridgehead atoms. The molecule has 0 heterocycles. The number of hydrogen-bond donors (Lipinski definition) is 2. The van der Waals surface area contributed by atoms with Crippen molar-refractivity contribution in [2.45, 2.75) is 90.8 Å². The van der Waals surface area contributed by atoms with E-state index in [1.807, 2.05) is 6.92 Å².